The van der Waals surface area contributed by atoms with Crippen LogP contribution in [-0.2, 0) is 23.8 Å². The molecule has 1 heterocycles. The van der Waals surface area contributed by atoms with Gasteiger partial charge in [0.2, 0.25) is 0 Å². The summed E-state index contributed by atoms with van der Waals surface area (Å²) in [5.41, 5.74) is 0.690. The lowest BCUT2D eigenvalue weighted by Gasteiger charge is -2.12. The maximum absolute atomic E-state index is 13.1. The third-order valence-electron chi connectivity index (χ3n) is 5.50. The number of fused-ring (bicyclic) bond motifs is 1. The van der Waals surface area contributed by atoms with Crippen LogP contribution in [0.3, 0.4) is 0 Å². The van der Waals surface area contributed by atoms with Gasteiger partial charge in [0.1, 0.15) is 17.3 Å². The van der Waals surface area contributed by atoms with Crippen LogP contribution in [0.25, 0.3) is 10.9 Å². The van der Waals surface area contributed by atoms with Crippen LogP contribution >= 0.6 is 11.6 Å². The van der Waals surface area contributed by atoms with Gasteiger partial charge in [0.25, 0.3) is 0 Å². The van der Waals surface area contributed by atoms with Crippen LogP contribution in [0.1, 0.15) is 16.7 Å². The van der Waals surface area contributed by atoms with Gasteiger partial charge >= 0.3 is 6.18 Å². The van der Waals surface area contributed by atoms with E-state index in [0.29, 0.717) is 34.1 Å². The van der Waals surface area contributed by atoms with Gasteiger partial charge in [0, 0.05) is 30.5 Å². The van der Waals surface area contributed by atoms with E-state index in [0.717, 1.165) is 17.5 Å². The number of ketones is 1. The largest absolute Gasteiger partial charge is 0.493 e. The third kappa shape index (κ3) is 5.71. The van der Waals surface area contributed by atoms with Crippen molar-refractivity contribution in [3.05, 3.63) is 88.6 Å². The summed E-state index contributed by atoms with van der Waals surface area (Å²) < 4.78 is 55.9. The van der Waals surface area contributed by atoms with E-state index in [4.69, 9.17) is 25.8 Å². The summed E-state index contributed by atoms with van der Waals surface area (Å²) in [5.74, 6) is 1.98. The molecule has 0 aliphatic rings. The standard InChI is InChI=1S/C27H21ClF3NO4/c1-34-25-14-20-23(15-26(25)35-2)32-10-9-24(20)36-19-6-3-16(4-7-19)11-18(33)12-17-5-8-22(28)21(13-17)27(29,30)31/h3-10,13-15H,11-12H2,1-2H3. The number of carbonyl (C=O) groups excluding carboxylic acids is 1. The maximum atomic E-state index is 13.1. The molecular formula is C27H21ClF3NO4. The molecule has 5 nitrogen and oxygen atoms in total. The smallest absolute Gasteiger partial charge is 0.417 e. The molecule has 1 aromatic heterocycles. The molecule has 186 valence electrons. The SMILES string of the molecule is COc1cc2nccc(Oc3ccc(CC(=O)Cc4ccc(Cl)c(C(F)(F)F)c4)cc3)c2cc1OC. The van der Waals surface area contributed by atoms with Gasteiger partial charge in [-0.15, -0.1) is 0 Å². The molecule has 0 unspecified atom stereocenters. The number of rotatable bonds is 8. The van der Waals surface area contributed by atoms with E-state index in [1.807, 2.05) is 0 Å². The zero-order valence-corrected chi connectivity index (χ0v) is 20.1. The quantitative estimate of drug-likeness (QED) is 0.251. The van der Waals surface area contributed by atoms with E-state index in [-0.39, 0.29) is 24.2 Å². The van der Waals surface area contributed by atoms with Crippen LogP contribution in [0.15, 0.2) is 66.9 Å². The lowest BCUT2D eigenvalue weighted by atomic mass is 10.0. The molecule has 0 aliphatic heterocycles. The maximum Gasteiger partial charge on any atom is 0.417 e. The summed E-state index contributed by atoms with van der Waals surface area (Å²) in [7, 11) is 3.09. The Labute approximate surface area is 210 Å². The number of hydrogen-bond acceptors (Lipinski definition) is 5. The van der Waals surface area contributed by atoms with E-state index in [2.05, 4.69) is 4.98 Å². The minimum absolute atomic E-state index is 0.0689. The molecule has 3 aromatic carbocycles. The summed E-state index contributed by atoms with van der Waals surface area (Å²) in [4.78, 5) is 16.8. The number of nitrogens with zero attached hydrogens (tertiary/aromatic N) is 1. The van der Waals surface area contributed by atoms with Crippen LogP contribution in [0.2, 0.25) is 5.02 Å². The molecular weight excluding hydrogens is 495 g/mol. The second kappa shape index (κ2) is 10.5. The van der Waals surface area contributed by atoms with E-state index in [9.17, 15) is 18.0 Å². The molecule has 0 fully saturated rings. The van der Waals surface area contributed by atoms with Crippen LogP contribution in [0.5, 0.6) is 23.0 Å². The Morgan fingerprint density at radius 2 is 1.50 bits per heavy atom. The van der Waals surface area contributed by atoms with Gasteiger partial charge in [-0.3, -0.25) is 9.78 Å². The van der Waals surface area contributed by atoms with Crippen molar-refractivity contribution in [3.8, 4) is 23.0 Å². The first kappa shape index (κ1) is 25.3. The van der Waals surface area contributed by atoms with Crippen LogP contribution < -0.4 is 14.2 Å². The van der Waals surface area contributed by atoms with Crippen molar-refractivity contribution in [2.75, 3.05) is 14.2 Å². The van der Waals surface area contributed by atoms with Gasteiger partial charge in [0.15, 0.2) is 11.5 Å². The van der Waals surface area contributed by atoms with Gasteiger partial charge in [0.05, 0.1) is 30.3 Å². The van der Waals surface area contributed by atoms with Crippen molar-refractivity contribution in [1.82, 2.24) is 4.98 Å². The van der Waals surface area contributed by atoms with E-state index < -0.39 is 16.8 Å². The second-order valence-electron chi connectivity index (χ2n) is 7.98. The van der Waals surface area contributed by atoms with Crippen LogP contribution in [0.4, 0.5) is 13.2 Å². The molecule has 0 bridgehead atoms. The highest BCUT2D eigenvalue weighted by Crippen LogP contribution is 2.37. The van der Waals surface area contributed by atoms with Crippen molar-refractivity contribution in [3.63, 3.8) is 0 Å². The van der Waals surface area contributed by atoms with Gasteiger partial charge < -0.3 is 14.2 Å². The number of halogens is 4. The molecule has 0 saturated heterocycles. The Bertz CT molecular complexity index is 1410. The average Bonchev–Trinajstić information content (AvgIpc) is 2.85. The minimum atomic E-state index is -4.58. The Morgan fingerprint density at radius 3 is 2.17 bits per heavy atom. The summed E-state index contributed by atoms with van der Waals surface area (Å²) in [6, 6.07) is 15.7. The third-order valence-corrected chi connectivity index (χ3v) is 5.83. The number of alkyl halides is 3. The summed E-state index contributed by atoms with van der Waals surface area (Å²) >= 11 is 5.65. The van der Waals surface area contributed by atoms with Gasteiger partial charge in [-0.25, -0.2) is 0 Å². The summed E-state index contributed by atoms with van der Waals surface area (Å²) in [6.45, 7) is 0. The molecule has 9 heteroatoms. The number of carbonyl (C=O) groups is 1. The number of pyridine rings is 1. The first-order chi connectivity index (χ1) is 17.2. The van der Waals surface area contributed by atoms with Crippen molar-refractivity contribution >= 4 is 28.3 Å². The molecule has 4 aromatic rings. The molecule has 36 heavy (non-hydrogen) atoms. The molecule has 0 spiro atoms. The Kier molecular flexibility index (Phi) is 7.35. The molecule has 0 N–H and O–H groups in total. The van der Waals surface area contributed by atoms with Crippen molar-refractivity contribution in [2.24, 2.45) is 0 Å². The number of hydrogen-bond donors (Lipinski definition) is 0. The first-order valence-electron chi connectivity index (χ1n) is 10.8. The lowest BCUT2D eigenvalue weighted by molar-refractivity contribution is -0.137. The monoisotopic (exact) mass is 515 g/mol. The molecule has 0 saturated carbocycles. The van der Waals surface area contributed by atoms with Crippen molar-refractivity contribution in [1.29, 1.82) is 0 Å². The van der Waals surface area contributed by atoms with E-state index in [1.165, 1.54) is 6.07 Å². The molecule has 0 radical (unpaired) electrons. The summed E-state index contributed by atoms with van der Waals surface area (Å²) in [5, 5.41) is 0.337. The normalized spacial score (nSPS) is 11.4. The zero-order valence-electron chi connectivity index (χ0n) is 19.4. The van der Waals surface area contributed by atoms with Gasteiger partial charge in [-0.2, -0.15) is 13.2 Å². The zero-order chi connectivity index (χ0) is 25.9. The van der Waals surface area contributed by atoms with Crippen LogP contribution in [-0.4, -0.2) is 25.0 Å². The fourth-order valence-corrected chi connectivity index (χ4v) is 3.98. The molecule has 0 aliphatic carbocycles. The Morgan fingerprint density at radius 1 is 0.861 bits per heavy atom. The Balaban J connectivity index is 1.46. The molecule has 4 rings (SSSR count). The van der Waals surface area contributed by atoms with Gasteiger partial charge in [-0.05, 0) is 47.5 Å². The number of ether oxygens (including phenoxy) is 3. The summed E-state index contributed by atoms with van der Waals surface area (Å²) in [6.07, 6.45) is -3.02. The highest BCUT2D eigenvalue weighted by Gasteiger charge is 2.33. The average molecular weight is 516 g/mol. The number of methoxy groups -OCH3 is 2. The second-order valence-corrected chi connectivity index (χ2v) is 8.39. The van der Waals surface area contributed by atoms with Gasteiger partial charge in [-0.1, -0.05) is 29.8 Å². The topological polar surface area (TPSA) is 57.7 Å². The lowest BCUT2D eigenvalue weighted by Crippen LogP contribution is -2.10. The molecule has 0 amide bonds. The minimum Gasteiger partial charge on any atom is -0.493 e. The predicted octanol–water partition coefficient (Wildman–Crippen LogP) is 7.07. The first-order valence-corrected chi connectivity index (χ1v) is 11.2. The van der Waals surface area contributed by atoms with Crippen LogP contribution in [0, 0.1) is 0 Å². The van der Waals surface area contributed by atoms with Crippen molar-refractivity contribution < 1.29 is 32.2 Å². The fourth-order valence-electron chi connectivity index (χ4n) is 3.76. The highest BCUT2D eigenvalue weighted by molar-refractivity contribution is 6.31. The fraction of sp³-hybridized carbons (Fsp3) is 0.185. The predicted molar refractivity (Wildman–Crippen MR) is 130 cm³/mol. The Hall–Kier alpha value is -3.78. The molecule has 0 atom stereocenters. The number of Topliss-reactive ketones (excluding diaryl/α,β-unsaturated/α-hetero) is 1. The number of aromatic nitrogens is 1. The van der Waals surface area contributed by atoms with Crippen molar-refractivity contribution in [2.45, 2.75) is 19.0 Å². The van der Waals surface area contributed by atoms with E-state index in [1.54, 1.807) is 62.9 Å². The van der Waals surface area contributed by atoms with E-state index >= 15 is 0 Å². The number of benzene rings is 3. The highest BCUT2D eigenvalue weighted by atomic mass is 35.5.